The summed E-state index contributed by atoms with van der Waals surface area (Å²) >= 11 is 3.40. The van der Waals surface area contributed by atoms with E-state index in [0.717, 1.165) is 19.9 Å². The first-order valence-corrected chi connectivity index (χ1v) is 11.6. The van der Waals surface area contributed by atoms with Gasteiger partial charge in [0.2, 0.25) is 21.8 Å². The topological polar surface area (TPSA) is 86.8 Å². The average Bonchev–Trinajstić information content (AvgIpc) is 2.71. The molecule has 2 aromatic rings. The van der Waals surface area contributed by atoms with Crippen LogP contribution in [0.3, 0.4) is 0 Å². The first-order valence-electron chi connectivity index (χ1n) is 9.34. The van der Waals surface area contributed by atoms with Gasteiger partial charge in [-0.05, 0) is 43.7 Å². The number of hydrogen-bond donors (Lipinski definition) is 1. The Labute approximate surface area is 186 Å². The lowest BCUT2D eigenvalue weighted by molar-refractivity contribution is -0.140. The number of sulfonamides is 1. The summed E-state index contributed by atoms with van der Waals surface area (Å²) in [6, 6.07) is 13.1. The molecule has 0 heterocycles. The van der Waals surface area contributed by atoms with Gasteiger partial charge in [-0.1, -0.05) is 45.8 Å². The molecule has 30 heavy (non-hydrogen) atoms. The molecule has 0 aliphatic carbocycles. The largest absolute Gasteiger partial charge is 0.357 e. The summed E-state index contributed by atoms with van der Waals surface area (Å²) in [5.41, 5.74) is 1.75. The van der Waals surface area contributed by atoms with Crippen LogP contribution in [0.4, 0.5) is 0 Å². The van der Waals surface area contributed by atoms with Crippen LogP contribution >= 0.6 is 15.9 Å². The monoisotopic (exact) mass is 495 g/mol. The number of carbonyl (C=O) groups is 2. The van der Waals surface area contributed by atoms with E-state index in [-0.39, 0.29) is 23.9 Å². The van der Waals surface area contributed by atoms with Crippen LogP contribution in [0.25, 0.3) is 0 Å². The Hall–Kier alpha value is -2.23. The maximum absolute atomic E-state index is 13.1. The maximum Gasteiger partial charge on any atom is 0.243 e. The number of nitrogens with one attached hydrogen (secondary N) is 1. The van der Waals surface area contributed by atoms with Crippen molar-refractivity contribution in [2.45, 2.75) is 31.3 Å². The second-order valence-corrected chi connectivity index (χ2v) is 9.98. The van der Waals surface area contributed by atoms with Gasteiger partial charge in [0.15, 0.2) is 0 Å². The molecule has 0 saturated carbocycles. The fraction of sp³-hybridized carbons (Fsp3) is 0.333. The van der Waals surface area contributed by atoms with E-state index in [9.17, 15) is 18.0 Å². The van der Waals surface area contributed by atoms with E-state index in [0.29, 0.717) is 0 Å². The molecule has 0 radical (unpaired) electrons. The molecular weight excluding hydrogens is 470 g/mol. The van der Waals surface area contributed by atoms with Crippen LogP contribution < -0.4 is 5.32 Å². The molecule has 0 aliphatic heterocycles. The molecule has 2 amide bonds. The van der Waals surface area contributed by atoms with Crippen LogP contribution in [0, 0.1) is 6.92 Å². The van der Waals surface area contributed by atoms with Crippen molar-refractivity contribution in [2.24, 2.45) is 0 Å². The lowest BCUT2D eigenvalue weighted by Crippen LogP contribution is -2.50. The van der Waals surface area contributed by atoms with Gasteiger partial charge >= 0.3 is 0 Å². The first-order chi connectivity index (χ1) is 14.1. The molecule has 0 unspecified atom stereocenters. The molecule has 9 heteroatoms. The Kier molecular flexibility index (Phi) is 8.17. The van der Waals surface area contributed by atoms with Crippen LogP contribution in [-0.2, 0) is 26.2 Å². The molecular formula is C21H26BrN3O4S. The smallest absolute Gasteiger partial charge is 0.243 e. The van der Waals surface area contributed by atoms with Gasteiger partial charge in [-0.25, -0.2) is 8.42 Å². The SMILES string of the molecule is CNC(=O)[C@@H](C)N(Cc1cccc(Br)c1)C(=O)CN(C)S(=O)(=O)c1ccc(C)cc1. The zero-order valence-electron chi connectivity index (χ0n) is 17.4. The number of benzene rings is 2. The number of halogens is 1. The van der Waals surface area contributed by atoms with Crippen molar-refractivity contribution in [1.29, 1.82) is 0 Å². The maximum atomic E-state index is 13.1. The van der Waals surface area contributed by atoms with Gasteiger partial charge in [0.25, 0.3) is 0 Å². The number of likely N-dealkylation sites (N-methyl/N-ethyl adjacent to an activating group) is 2. The van der Waals surface area contributed by atoms with Gasteiger partial charge in [0.05, 0.1) is 11.4 Å². The van der Waals surface area contributed by atoms with Gasteiger partial charge in [-0.3, -0.25) is 9.59 Å². The molecule has 0 spiro atoms. The molecule has 7 nitrogen and oxygen atoms in total. The molecule has 2 aromatic carbocycles. The Morgan fingerprint density at radius 1 is 1.13 bits per heavy atom. The minimum absolute atomic E-state index is 0.112. The second-order valence-electron chi connectivity index (χ2n) is 7.02. The Morgan fingerprint density at radius 2 is 1.77 bits per heavy atom. The summed E-state index contributed by atoms with van der Waals surface area (Å²) in [5, 5.41) is 2.54. The quantitative estimate of drug-likeness (QED) is 0.609. The third-order valence-electron chi connectivity index (χ3n) is 4.74. The van der Waals surface area contributed by atoms with Gasteiger partial charge in [0.1, 0.15) is 6.04 Å². The molecule has 0 aromatic heterocycles. The zero-order valence-corrected chi connectivity index (χ0v) is 19.8. The van der Waals surface area contributed by atoms with Crippen LogP contribution in [0.5, 0.6) is 0 Å². The number of hydrogen-bond acceptors (Lipinski definition) is 4. The van der Waals surface area contributed by atoms with Gasteiger partial charge in [-0.15, -0.1) is 0 Å². The highest BCUT2D eigenvalue weighted by molar-refractivity contribution is 9.10. The average molecular weight is 496 g/mol. The second kappa shape index (κ2) is 10.2. The fourth-order valence-electron chi connectivity index (χ4n) is 2.88. The Bertz CT molecular complexity index is 1010. The molecule has 1 N–H and O–H groups in total. The summed E-state index contributed by atoms with van der Waals surface area (Å²) in [7, 11) is -0.987. The Morgan fingerprint density at radius 3 is 2.33 bits per heavy atom. The van der Waals surface area contributed by atoms with Crippen molar-refractivity contribution < 1.29 is 18.0 Å². The standard InChI is InChI=1S/C21H26BrN3O4S/c1-15-8-10-19(11-9-15)30(28,29)24(4)14-20(26)25(16(2)21(27)23-3)13-17-6-5-7-18(22)12-17/h5-12,16H,13-14H2,1-4H3,(H,23,27)/t16-/m1/s1. The number of amides is 2. The van der Waals surface area contributed by atoms with Crippen molar-refractivity contribution in [3.05, 3.63) is 64.1 Å². The normalized spacial score (nSPS) is 12.5. The van der Waals surface area contributed by atoms with E-state index in [2.05, 4.69) is 21.2 Å². The molecule has 1 atom stereocenters. The minimum atomic E-state index is -3.84. The predicted molar refractivity (Wildman–Crippen MR) is 119 cm³/mol. The molecule has 2 rings (SSSR count). The van der Waals surface area contributed by atoms with Crippen molar-refractivity contribution in [1.82, 2.24) is 14.5 Å². The number of carbonyl (C=O) groups excluding carboxylic acids is 2. The minimum Gasteiger partial charge on any atom is -0.357 e. The zero-order chi connectivity index (χ0) is 22.5. The molecule has 0 fully saturated rings. The van der Waals surface area contributed by atoms with E-state index in [1.165, 1.54) is 31.1 Å². The van der Waals surface area contributed by atoms with Crippen molar-refractivity contribution in [3.63, 3.8) is 0 Å². The van der Waals surface area contributed by atoms with Crippen LogP contribution in [-0.4, -0.2) is 56.1 Å². The van der Waals surface area contributed by atoms with Gasteiger partial charge < -0.3 is 10.2 Å². The predicted octanol–water partition coefficient (Wildman–Crippen LogP) is 2.54. The first kappa shape index (κ1) is 24.0. The molecule has 0 bridgehead atoms. The summed E-state index contributed by atoms with van der Waals surface area (Å²) in [4.78, 5) is 26.8. The van der Waals surface area contributed by atoms with Crippen LogP contribution in [0.15, 0.2) is 57.9 Å². The highest BCUT2D eigenvalue weighted by atomic mass is 79.9. The van der Waals surface area contributed by atoms with Crippen molar-refractivity contribution >= 4 is 37.8 Å². The molecule has 0 saturated heterocycles. The van der Waals surface area contributed by atoms with Gasteiger partial charge in [-0.2, -0.15) is 4.31 Å². The van der Waals surface area contributed by atoms with Crippen molar-refractivity contribution in [3.8, 4) is 0 Å². The highest BCUT2D eigenvalue weighted by Crippen LogP contribution is 2.18. The summed E-state index contributed by atoms with van der Waals surface area (Å²) in [6.45, 7) is 3.27. The number of rotatable bonds is 8. The number of aryl methyl sites for hydroxylation is 1. The lowest BCUT2D eigenvalue weighted by Gasteiger charge is -2.30. The number of nitrogens with zero attached hydrogens (tertiary/aromatic N) is 2. The molecule has 162 valence electrons. The Balaban J connectivity index is 2.26. The van der Waals surface area contributed by atoms with E-state index < -0.39 is 22.0 Å². The summed E-state index contributed by atoms with van der Waals surface area (Å²) in [6.07, 6.45) is 0. The van der Waals surface area contributed by atoms with Gasteiger partial charge in [0, 0.05) is 25.1 Å². The lowest BCUT2D eigenvalue weighted by atomic mass is 10.1. The molecule has 0 aliphatic rings. The fourth-order valence-corrected chi connectivity index (χ4v) is 4.45. The summed E-state index contributed by atoms with van der Waals surface area (Å²) < 4.78 is 27.5. The third-order valence-corrected chi connectivity index (χ3v) is 7.05. The highest BCUT2D eigenvalue weighted by Gasteiger charge is 2.29. The van der Waals surface area contributed by atoms with Crippen molar-refractivity contribution in [2.75, 3.05) is 20.6 Å². The summed E-state index contributed by atoms with van der Waals surface area (Å²) in [5.74, 6) is -0.799. The van der Waals surface area contributed by atoms with Crippen LogP contribution in [0.2, 0.25) is 0 Å². The van der Waals surface area contributed by atoms with E-state index in [1.807, 2.05) is 31.2 Å². The third kappa shape index (κ3) is 5.90. The van der Waals surface area contributed by atoms with E-state index >= 15 is 0 Å². The van der Waals surface area contributed by atoms with E-state index in [1.54, 1.807) is 19.1 Å². The van der Waals surface area contributed by atoms with E-state index in [4.69, 9.17) is 0 Å². The van der Waals surface area contributed by atoms with Crippen LogP contribution in [0.1, 0.15) is 18.1 Å².